The van der Waals surface area contributed by atoms with Crippen molar-refractivity contribution in [2.75, 3.05) is 13.1 Å². The van der Waals surface area contributed by atoms with Gasteiger partial charge in [0, 0.05) is 44.5 Å². The molecule has 1 saturated heterocycles. The van der Waals surface area contributed by atoms with Gasteiger partial charge in [0.25, 0.3) is 0 Å². The van der Waals surface area contributed by atoms with E-state index in [9.17, 15) is 9.59 Å². The zero-order valence-corrected chi connectivity index (χ0v) is 13.5. The molecule has 22 heavy (non-hydrogen) atoms. The number of hydrogen-bond acceptors (Lipinski definition) is 3. The summed E-state index contributed by atoms with van der Waals surface area (Å²) in [6.07, 6.45) is 4.03. The van der Waals surface area contributed by atoms with E-state index in [-0.39, 0.29) is 29.9 Å². The molecular weight excluding hydrogens is 282 g/mol. The van der Waals surface area contributed by atoms with Crippen LogP contribution in [-0.4, -0.2) is 51.8 Å². The van der Waals surface area contributed by atoms with E-state index in [1.54, 1.807) is 11.1 Å². The van der Waals surface area contributed by atoms with E-state index in [1.807, 2.05) is 30.8 Å². The van der Waals surface area contributed by atoms with Crippen molar-refractivity contribution in [3.05, 3.63) is 18.5 Å². The largest absolute Gasteiger partial charge is 0.338 e. The fourth-order valence-corrected chi connectivity index (χ4v) is 2.62. The predicted molar refractivity (Wildman–Crippen MR) is 83.2 cm³/mol. The molecule has 3 amide bonds. The lowest BCUT2D eigenvalue weighted by molar-refractivity contribution is -0.129. The molecule has 0 aliphatic carbocycles. The first-order chi connectivity index (χ1) is 10.5. The first-order valence-corrected chi connectivity index (χ1v) is 7.77. The number of rotatable bonds is 6. The van der Waals surface area contributed by atoms with Crippen LogP contribution in [0.2, 0.25) is 0 Å². The van der Waals surface area contributed by atoms with E-state index in [0.29, 0.717) is 19.5 Å². The predicted octanol–water partition coefficient (Wildman–Crippen LogP) is 0.828. The van der Waals surface area contributed by atoms with Gasteiger partial charge in [0.15, 0.2) is 0 Å². The molecule has 1 aliphatic heterocycles. The Morgan fingerprint density at radius 3 is 2.82 bits per heavy atom. The summed E-state index contributed by atoms with van der Waals surface area (Å²) in [5.41, 5.74) is 0. The smallest absolute Gasteiger partial charge is 0.315 e. The second-order valence-corrected chi connectivity index (χ2v) is 6.23. The third-order valence-electron chi connectivity index (χ3n) is 3.79. The minimum atomic E-state index is -0.212. The average molecular weight is 307 g/mol. The van der Waals surface area contributed by atoms with Crippen LogP contribution in [0.5, 0.6) is 0 Å². The fraction of sp³-hybridized carbons (Fsp3) is 0.667. The molecule has 1 aliphatic rings. The molecule has 0 spiro atoms. The minimum Gasteiger partial charge on any atom is -0.338 e. The summed E-state index contributed by atoms with van der Waals surface area (Å²) in [6.45, 7) is 7.94. The van der Waals surface area contributed by atoms with Gasteiger partial charge in [0.05, 0.1) is 6.04 Å². The summed E-state index contributed by atoms with van der Waals surface area (Å²) in [7, 11) is 0. The van der Waals surface area contributed by atoms with Gasteiger partial charge in [-0.1, -0.05) is 6.92 Å². The lowest BCUT2D eigenvalue weighted by Gasteiger charge is -2.21. The highest BCUT2D eigenvalue weighted by Crippen LogP contribution is 2.14. The highest BCUT2D eigenvalue weighted by molar-refractivity contribution is 5.81. The van der Waals surface area contributed by atoms with Crippen molar-refractivity contribution >= 4 is 11.9 Å². The number of amides is 3. The molecule has 0 saturated carbocycles. The first kappa shape index (κ1) is 16.3. The van der Waals surface area contributed by atoms with Crippen LogP contribution in [0.1, 0.15) is 27.2 Å². The third-order valence-corrected chi connectivity index (χ3v) is 3.79. The van der Waals surface area contributed by atoms with E-state index in [0.717, 1.165) is 6.54 Å². The molecule has 1 aromatic heterocycles. The molecule has 0 aromatic carbocycles. The molecule has 122 valence electrons. The van der Waals surface area contributed by atoms with Crippen LogP contribution >= 0.6 is 0 Å². The van der Waals surface area contributed by atoms with Gasteiger partial charge in [0.1, 0.15) is 0 Å². The van der Waals surface area contributed by atoms with Crippen LogP contribution < -0.4 is 10.6 Å². The Balaban J connectivity index is 1.69. The van der Waals surface area contributed by atoms with Crippen molar-refractivity contribution in [3.8, 4) is 0 Å². The van der Waals surface area contributed by atoms with Crippen LogP contribution in [0.3, 0.4) is 0 Å². The second kappa shape index (κ2) is 7.29. The van der Waals surface area contributed by atoms with Gasteiger partial charge in [-0.25, -0.2) is 4.79 Å². The van der Waals surface area contributed by atoms with Crippen molar-refractivity contribution in [2.24, 2.45) is 5.92 Å². The van der Waals surface area contributed by atoms with Crippen LogP contribution in [0.15, 0.2) is 18.5 Å². The lowest BCUT2D eigenvalue weighted by Crippen LogP contribution is -2.45. The number of nitrogens with zero attached hydrogens (tertiary/aromatic N) is 3. The third kappa shape index (κ3) is 4.47. The highest BCUT2D eigenvalue weighted by atomic mass is 16.2. The zero-order chi connectivity index (χ0) is 16.1. The maximum Gasteiger partial charge on any atom is 0.315 e. The molecule has 1 fully saturated rings. The first-order valence-electron chi connectivity index (χ1n) is 7.77. The van der Waals surface area contributed by atoms with E-state index < -0.39 is 0 Å². The van der Waals surface area contributed by atoms with E-state index >= 15 is 0 Å². The van der Waals surface area contributed by atoms with Gasteiger partial charge >= 0.3 is 6.03 Å². The van der Waals surface area contributed by atoms with Gasteiger partial charge < -0.3 is 15.5 Å². The molecule has 2 rings (SSSR count). The SMILES string of the molecule is CC(C)N1C[C@H](NC(=O)NC[C@H](C)Cn2cccn2)CC1=O. The number of likely N-dealkylation sites (tertiary alicyclic amines) is 1. The minimum absolute atomic E-state index is 0.101. The van der Waals surface area contributed by atoms with E-state index in [1.165, 1.54) is 0 Å². The number of aromatic nitrogens is 2. The van der Waals surface area contributed by atoms with Crippen LogP contribution in [0.25, 0.3) is 0 Å². The maximum absolute atomic E-state index is 11.9. The molecular formula is C15H25N5O2. The number of urea groups is 1. The van der Waals surface area contributed by atoms with Crippen molar-refractivity contribution in [2.45, 2.75) is 45.8 Å². The van der Waals surface area contributed by atoms with E-state index in [2.05, 4.69) is 22.7 Å². The average Bonchev–Trinajstić information content (AvgIpc) is 3.06. The van der Waals surface area contributed by atoms with Crippen molar-refractivity contribution < 1.29 is 9.59 Å². The number of nitrogens with one attached hydrogen (secondary N) is 2. The molecule has 2 N–H and O–H groups in total. The van der Waals surface area contributed by atoms with Gasteiger partial charge in [-0.2, -0.15) is 5.10 Å². The molecule has 7 nitrogen and oxygen atoms in total. The number of carbonyl (C=O) groups is 2. The highest BCUT2D eigenvalue weighted by Gasteiger charge is 2.31. The Labute approximate surface area is 131 Å². The Morgan fingerprint density at radius 1 is 1.45 bits per heavy atom. The zero-order valence-electron chi connectivity index (χ0n) is 13.5. The van der Waals surface area contributed by atoms with Crippen LogP contribution in [0, 0.1) is 5.92 Å². The number of carbonyl (C=O) groups excluding carboxylic acids is 2. The molecule has 0 unspecified atom stereocenters. The second-order valence-electron chi connectivity index (χ2n) is 6.23. The van der Waals surface area contributed by atoms with Gasteiger partial charge in [-0.15, -0.1) is 0 Å². The summed E-state index contributed by atoms with van der Waals surface area (Å²) in [6, 6.07) is 1.74. The summed E-state index contributed by atoms with van der Waals surface area (Å²) >= 11 is 0. The Hall–Kier alpha value is -2.05. The van der Waals surface area contributed by atoms with Gasteiger partial charge in [-0.05, 0) is 25.8 Å². The van der Waals surface area contributed by atoms with Crippen LogP contribution in [-0.2, 0) is 11.3 Å². The fourth-order valence-electron chi connectivity index (χ4n) is 2.62. The molecule has 0 radical (unpaired) electrons. The summed E-state index contributed by atoms with van der Waals surface area (Å²) in [4.78, 5) is 25.5. The van der Waals surface area contributed by atoms with Crippen molar-refractivity contribution in [3.63, 3.8) is 0 Å². The van der Waals surface area contributed by atoms with Crippen LogP contribution in [0.4, 0.5) is 4.79 Å². The maximum atomic E-state index is 11.9. The summed E-state index contributed by atoms with van der Waals surface area (Å²) in [5.74, 6) is 0.385. The molecule has 1 aromatic rings. The Morgan fingerprint density at radius 2 is 2.23 bits per heavy atom. The topological polar surface area (TPSA) is 79.3 Å². The Kier molecular flexibility index (Phi) is 5.41. The standard InChI is InChI=1S/C15H25N5O2/c1-11(2)20-10-13(7-14(20)21)18-15(22)16-8-12(3)9-19-6-4-5-17-19/h4-6,11-13H,7-10H2,1-3H3,(H2,16,18,22)/t12-,13+/m0/s1. The summed E-state index contributed by atoms with van der Waals surface area (Å²) < 4.78 is 1.85. The normalized spacial score (nSPS) is 19.5. The monoisotopic (exact) mass is 307 g/mol. The lowest BCUT2D eigenvalue weighted by atomic mass is 10.2. The van der Waals surface area contributed by atoms with E-state index in [4.69, 9.17) is 0 Å². The molecule has 7 heteroatoms. The molecule has 0 bridgehead atoms. The van der Waals surface area contributed by atoms with Crippen molar-refractivity contribution in [1.82, 2.24) is 25.3 Å². The summed E-state index contributed by atoms with van der Waals surface area (Å²) in [5, 5.41) is 9.88. The number of hydrogen-bond donors (Lipinski definition) is 2. The van der Waals surface area contributed by atoms with Gasteiger partial charge in [-0.3, -0.25) is 9.48 Å². The quantitative estimate of drug-likeness (QED) is 0.817. The van der Waals surface area contributed by atoms with Gasteiger partial charge in [0.2, 0.25) is 5.91 Å². The Bertz CT molecular complexity index is 500. The molecule has 2 atom stereocenters. The van der Waals surface area contributed by atoms with Crippen molar-refractivity contribution in [1.29, 1.82) is 0 Å². The molecule has 2 heterocycles.